The van der Waals surface area contributed by atoms with E-state index in [-0.39, 0.29) is 21.6 Å². The fourth-order valence-electron chi connectivity index (χ4n) is 1.29. The second-order valence-corrected chi connectivity index (χ2v) is 5.10. The molecule has 100 valence electrons. The van der Waals surface area contributed by atoms with Crippen molar-refractivity contribution in [1.29, 1.82) is 0 Å². The number of carboxylic acids is 1. The second-order valence-electron chi connectivity index (χ2n) is 3.77. The zero-order valence-corrected chi connectivity index (χ0v) is 11.6. The van der Waals surface area contributed by atoms with Gasteiger partial charge in [0.1, 0.15) is 0 Å². The lowest BCUT2D eigenvalue weighted by molar-refractivity contribution is 0.0701. The molecule has 0 fully saturated rings. The van der Waals surface area contributed by atoms with E-state index in [2.05, 4.69) is 10.1 Å². The lowest BCUT2D eigenvalue weighted by atomic mass is 10.4. The van der Waals surface area contributed by atoms with Gasteiger partial charge in [-0.1, -0.05) is 22.9 Å². The summed E-state index contributed by atoms with van der Waals surface area (Å²) in [5, 5.41) is 13.1. The van der Waals surface area contributed by atoms with E-state index in [1.807, 2.05) is 0 Å². The fourth-order valence-corrected chi connectivity index (χ4v) is 2.35. The highest BCUT2D eigenvalue weighted by Gasteiger charge is 2.18. The number of carboxylic acid groups (broad SMARTS) is 1. The molecule has 2 aromatic rings. The number of hydrogen-bond acceptors (Lipinski definition) is 5. The van der Waals surface area contributed by atoms with Crippen LogP contribution in [0.25, 0.3) is 5.13 Å². The molecule has 0 unspecified atom stereocenters. The summed E-state index contributed by atoms with van der Waals surface area (Å²) < 4.78 is 1.32. The van der Waals surface area contributed by atoms with Crippen molar-refractivity contribution in [3.05, 3.63) is 28.0 Å². The Kier molecular flexibility index (Phi) is 3.54. The van der Waals surface area contributed by atoms with Crippen molar-refractivity contribution in [3.8, 4) is 5.13 Å². The van der Waals surface area contributed by atoms with Crippen LogP contribution in [0.4, 0.5) is 0 Å². The topological polar surface area (TPSA) is 88.3 Å². The first-order valence-electron chi connectivity index (χ1n) is 5.07. The maximum atomic E-state index is 11.7. The molecule has 0 atom stereocenters. The zero-order valence-electron chi connectivity index (χ0n) is 9.99. The van der Waals surface area contributed by atoms with E-state index in [0.29, 0.717) is 5.13 Å². The van der Waals surface area contributed by atoms with Gasteiger partial charge in [-0.25, -0.2) is 14.5 Å². The van der Waals surface area contributed by atoms with Crippen LogP contribution in [0.3, 0.4) is 0 Å². The Morgan fingerprint density at radius 1 is 1.47 bits per heavy atom. The van der Waals surface area contributed by atoms with Crippen LogP contribution in [0, 0.1) is 0 Å². The van der Waals surface area contributed by atoms with E-state index in [4.69, 9.17) is 16.7 Å². The first-order valence-corrected chi connectivity index (χ1v) is 6.27. The number of carbonyl (C=O) groups is 2. The third-order valence-electron chi connectivity index (χ3n) is 2.18. The van der Waals surface area contributed by atoms with Crippen molar-refractivity contribution < 1.29 is 14.7 Å². The Labute approximate surface area is 117 Å². The van der Waals surface area contributed by atoms with Crippen molar-refractivity contribution in [3.63, 3.8) is 0 Å². The Bertz CT molecular complexity index is 649. The highest BCUT2D eigenvalue weighted by Crippen LogP contribution is 2.25. The normalized spacial score (nSPS) is 10.5. The summed E-state index contributed by atoms with van der Waals surface area (Å²) in [7, 11) is 3.23. The number of carbonyl (C=O) groups excluding carboxylic acids is 1. The highest BCUT2D eigenvalue weighted by atomic mass is 35.5. The molecule has 0 aromatic carbocycles. The van der Waals surface area contributed by atoms with Crippen LogP contribution < -0.4 is 0 Å². The molecule has 0 saturated heterocycles. The predicted octanol–water partition coefficient (Wildman–Crippen LogP) is 1.38. The van der Waals surface area contributed by atoms with Gasteiger partial charge in [0.2, 0.25) is 5.13 Å². The largest absolute Gasteiger partial charge is 0.477 e. The minimum Gasteiger partial charge on any atom is -0.477 e. The molecule has 19 heavy (non-hydrogen) atoms. The molecule has 1 amide bonds. The number of rotatable bonds is 3. The average molecular weight is 301 g/mol. The van der Waals surface area contributed by atoms with E-state index in [0.717, 1.165) is 11.3 Å². The van der Waals surface area contributed by atoms with Crippen LogP contribution in [0.5, 0.6) is 0 Å². The van der Waals surface area contributed by atoms with E-state index >= 15 is 0 Å². The number of thiazole rings is 1. The molecule has 0 aliphatic carbocycles. The molecule has 0 spiro atoms. The fraction of sp³-hybridized carbons (Fsp3) is 0.200. The SMILES string of the molecule is CN(C)C(=O)c1ccn(-c2nc(Cl)c(C(=O)O)s2)n1. The van der Waals surface area contributed by atoms with Crippen molar-refractivity contribution in [1.82, 2.24) is 19.7 Å². The molecule has 0 bridgehead atoms. The highest BCUT2D eigenvalue weighted by molar-refractivity contribution is 7.16. The van der Waals surface area contributed by atoms with Gasteiger partial charge >= 0.3 is 5.97 Å². The van der Waals surface area contributed by atoms with Gasteiger partial charge in [-0.2, -0.15) is 5.10 Å². The number of amides is 1. The third kappa shape index (κ3) is 2.59. The van der Waals surface area contributed by atoms with Crippen LogP contribution in [0.15, 0.2) is 12.3 Å². The van der Waals surface area contributed by atoms with Crippen LogP contribution in [-0.4, -0.2) is 50.7 Å². The Morgan fingerprint density at radius 2 is 2.16 bits per heavy atom. The average Bonchev–Trinajstić information content (AvgIpc) is 2.93. The molecule has 2 heterocycles. The van der Waals surface area contributed by atoms with Crippen LogP contribution in [0.2, 0.25) is 5.15 Å². The van der Waals surface area contributed by atoms with Crippen molar-refractivity contribution in [2.45, 2.75) is 0 Å². The number of nitrogens with zero attached hydrogens (tertiary/aromatic N) is 4. The summed E-state index contributed by atoms with van der Waals surface area (Å²) >= 11 is 6.60. The molecule has 7 nitrogen and oxygen atoms in total. The standard InChI is InChI=1S/C10H9ClN4O3S/c1-14(2)8(16)5-3-4-15(13-5)10-12-7(11)6(19-10)9(17)18/h3-4H,1-2H3,(H,17,18). The van der Waals surface area contributed by atoms with Crippen LogP contribution in [0.1, 0.15) is 20.2 Å². The maximum Gasteiger partial charge on any atom is 0.349 e. The number of aromatic carboxylic acids is 1. The molecule has 2 rings (SSSR count). The van der Waals surface area contributed by atoms with E-state index in [1.54, 1.807) is 14.1 Å². The van der Waals surface area contributed by atoms with Crippen LogP contribution in [-0.2, 0) is 0 Å². The predicted molar refractivity (Wildman–Crippen MR) is 69.2 cm³/mol. The molecular weight excluding hydrogens is 292 g/mol. The van der Waals surface area contributed by atoms with Gasteiger partial charge < -0.3 is 10.0 Å². The first-order chi connectivity index (χ1) is 8.90. The molecular formula is C10H9ClN4O3S. The maximum absolute atomic E-state index is 11.7. The molecule has 0 saturated carbocycles. The molecule has 0 radical (unpaired) electrons. The third-order valence-corrected chi connectivity index (χ3v) is 3.60. The monoisotopic (exact) mass is 300 g/mol. The molecule has 1 N–H and O–H groups in total. The van der Waals surface area contributed by atoms with E-state index < -0.39 is 5.97 Å². The van der Waals surface area contributed by atoms with Gasteiger partial charge in [-0.05, 0) is 6.07 Å². The minimum absolute atomic E-state index is 0.0624. The summed E-state index contributed by atoms with van der Waals surface area (Å²) in [6.45, 7) is 0. The van der Waals surface area contributed by atoms with Crippen molar-refractivity contribution in [2.24, 2.45) is 0 Å². The van der Waals surface area contributed by atoms with Gasteiger partial charge in [0.05, 0.1) is 0 Å². The van der Waals surface area contributed by atoms with Gasteiger partial charge in [0.25, 0.3) is 5.91 Å². The van der Waals surface area contributed by atoms with Gasteiger partial charge in [0, 0.05) is 20.3 Å². The molecule has 0 aliphatic rings. The lowest BCUT2D eigenvalue weighted by Gasteiger charge is -2.06. The lowest BCUT2D eigenvalue weighted by Crippen LogP contribution is -2.22. The summed E-state index contributed by atoms with van der Waals surface area (Å²) in [5.41, 5.74) is 0.244. The number of aromatic nitrogens is 3. The first kappa shape index (κ1) is 13.5. The second kappa shape index (κ2) is 4.98. The van der Waals surface area contributed by atoms with Gasteiger partial charge in [0.15, 0.2) is 15.7 Å². The van der Waals surface area contributed by atoms with E-state index in [1.165, 1.54) is 21.8 Å². The summed E-state index contributed by atoms with van der Waals surface area (Å²) in [5.74, 6) is -1.40. The van der Waals surface area contributed by atoms with E-state index in [9.17, 15) is 9.59 Å². The number of halogens is 1. The smallest absolute Gasteiger partial charge is 0.349 e. The van der Waals surface area contributed by atoms with Crippen molar-refractivity contribution >= 4 is 34.8 Å². The molecule has 2 aromatic heterocycles. The van der Waals surface area contributed by atoms with Gasteiger partial charge in [-0.15, -0.1) is 0 Å². The molecule has 9 heteroatoms. The van der Waals surface area contributed by atoms with Crippen LogP contribution >= 0.6 is 22.9 Å². The Balaban J connectivity index is 2.36. The van der Waals surface area contributed by atoms with Gasteiger partial charge in [-0.3, -0.25) is 4.79 Å². The summed E-state index contributed by atoms with van der Waals surface area (Å²) in [6.07, 6.45) is 1.53. The zero-order chi connectivity index (χ0) is 14.2. The Morgan fingerprint density at radius 3 is 2.68 bits per heavy atom. The summed E-state index contributed by atoms with van der Waals surface area (Å²) in [6, 6.07) is 1.53. The minimum atomic E-state index is -1.15. The number of hydrogen-bond donors (Lipinski definition) is 1. The molecule has 0 aliphatic heterocycles. The Hall–Kier alpha value is -1.93. The summed E-state index contributed by atoms with van der Waals surface area (Å²) in [4.78, 5) is 27.8. The quantitative estimate of drug-likeness (QED) is 0.925. The van der Waals surface area contributed by atoms with Crippen molar-refractivity contribution in [2.75, 3.05) is 14.1 Å².